The normalized spacial score (nSPS) is 16.2. The summed E-state index contributed by atoms with van der Waals surface area (Å²) in [6.07, 6.45) is 3.72. The highest BCUT2D eigenvalue weighted by Gasteiger charge is 2.40. The van der Waals surface area contributed by atoms with Crippen molar-refractivity contribution in [1.29, 1.82) is 0 Å². The summed E-state index contributed by atoms with van der Waals surface area (Å²) in [6, 6.07) is 11.7. The molecule has 0 radical (unpaired) electrons. The molecule has 0 aliphatic carbocycles. The summed E-state index contributed by atoms with van der Waals surface area (Å²) in [5.74, 6) is 0.546. The first-order chi connectivity index (χ1) is 19.2. The standard InChI is InChI=1S/C30H42N4O6/c1-30(29(38)32-17-6-16-31,20-22-12-15-25(39-2)26(19-22)40-3)33-28(37)24-8-5-18-34(24)27(36)9-4-7-21-10-13-23(35)14-11-21/h10-15,19,24,35H,4-9,16-18,20,31H2,1-3H3,(H,32,38)(H,33,37)/t24-,30-/m0/s1. The van der Waals surface area contributed by atoms with Crippen molar-refractivity contribution in [1.82, 2.24) is 15.5 Å². The highest BCUT2D eigenvalue weighted by Crippen LogP contribution is 2.29. The summed E-state index contributed by atoms with van der Waals surface area (Å²) < 4.78 is 10.7. The minimum Gasteiger partial charge on any atom is -0.508 e. The lowest BCUT2D eigenvalue weighted by atomic mass is 9.90. The average Bonchev–Trinajstić information content (AvgIpc) is 3.44. The van der Waals surface area contributed by atoms with Crippen LogP contribution in [-0.4, -0.2) is 73.2 Å². The third-order valence-corrected chi connectivity index (χ3v) is 7.24. The zero-order valence-corrected chi connectivity index (χ0v) is 23.7. The molecule has 5 N–H and O–H groups in total. The van der Waals surface area contributed by atoms with Crippen LogP contribution in [0.15, 0.2) is 42.5 Å². The highest BCUT2D eigenvalue weighted by molar-refractivity contribution is 5.94. The van der Waals surface area contributed by atoms with Gasteiger partial charge in [0, 0.05) is 25.9 Å². The van der Waals surface area contributed by atoms with E-state index in [2.05, 4.69) is 10.6 Å². The molecule has 2 atom stereocenters. The third-order valence-electron chi connectivity index (χ3n) is 7.24. The van der Waals surface area contributed by atoms with Crippen molar-refractivity contribution in [3.8, 4) is 17.2 Å². The van der Waals surface area contributed by atoms with E-state index < -0.39 is 11.6 Å². The number of amides is 3. The van der Waals surface area contributed by atoms with Gasteiger partial charge in [0.2, 0.25) is 17.7 Å². The van der Waals surface area contributed by atoms with Crippen molar-refractivity contribution in [2.24, 2.45) is 5.73 Å². The summed E-state index contributed by atoms with van der Waals surface area (Å²) in [4.78, 5) is 41.7. The van der Waals surface area contributed by atoms with Crippen LogP contribution in [0, 0.1) is 0 Å². The van der Waals surface area contributed by atoms with E-state index in [1.165, 1.54) is 0 Å². The zero-order valence-electron chi connectivity index (χ0n) is 23.7. The number of aromatic hydroxyl groups is 1. The van der Waals surface area contributed by atoms with E-state index in [-0.39, 0.29) is 29.9 Å². The van der Waals surface area contributed by atoms with Crippen LogP contribution >= 0.6 is 0 Å². The number of nitrogens with zero attached hydrogens (tertiary/aromatic N) is 1. The molecule has 40 heavy (non-hydrogen) atoms. The van der Waals surface area contributed by atoms with Crippen molar-refractivity contribution >= 4 is 17.7 Å². The molecule has 0 unspecified atom stereocenters. The molecule has 2 aromatic rings. The number of nitrogens with two attached hydrogens (primary N) is 1. The average molecular weight is 555 g/mol. The Morgan fingerprint density at radius 2 is 1.75 bits per heavy atom. The maximum absolute atomic E-state index is 13.6. The number of methoxy groups -OCH3 is 2. The quantitative estimate of drug-likeness (QED) is 0.263. The van der Waals surface area contributed by atoms with Gasteiger partial charge in [-0.25, -0.2) is 0 Å². The molecule has 1 heterocycles. The van der Waals surface area contributed by atoms with Crippen molar-refractivity contribution < 1.29 is 29.0 Å². The molecule has 0 saturated carbocycles. The van der Waals surface area contributed by atoms with Gasteiger partial charge in [0.1, 0.15) is 17.3 Å². The Morgan fingerprint density at radius 1 is 1.05 bits per heavy atom. The fourth-order valence-corrected chi connectivity index (χ4v) is 5.02. The Balaban J connectivity index is 1.70. The lowest BCUT2D eigenvalue weighted by Gasteiger charge is -2.33. The van der Waals surface area contributed by atoms with Crippen LogP contribution in [-0.2, 0) is 27.2 Å². The van der Waals surface area contributed by atoms with Gasteiger partial charge in [-0.15, -0.1) is 0 Å². The van der Waals surface area contributed by atoms with E-state index in [4.69, 9.17) is 15.2 Å². The number of aryl methyl sites for hydroxylation is 1. The van der Waals surface area contributed by atoms with Crippen LogP contribution in [0.3, 0.4) is 0 Å². The zero-order chi connectivity index (χ0) is 29.1. The molecule has 0 aromatic heterocycles. The smallest absolute Gasteiger partial charge is 0.245 e. The number of phenolic OH excluding ortho intramolecular Hbond substituents is 1. The molecule has 1 saturated heterocycles. The van der Waals surface area contributed by atoms with Crippen LogP contribution < -0.4 is 25.8 Å². The number of nitrogens with one attached hydrogen (secondary N) is 2. The van der Waals surface area contributed by atoms with E-state index >= 15 is 0 Å². The van der Waals surface area contributed by atoms with Gasteiger partial charge >= 0.3 is 0 Å². The molecule has 0 bridgehead atoms. The third kappa shape index (κ3) is 8.11. The minimum atomic E-state index is -1.28. The molecular formula is C30H42N4O6. The summed E-state index contributed by atoms with van der Waals surface area (Å²) in [5, 5.41) is 15.3. The number of ether oxygens (including phenoxy) is 2. The van der Waals surface area contributed by atoms with E-state index in [0.29, 0.717) is 63.2 Å². The van der Waals surface area contributed by atoms with Gasteiger partial charge in [-0.2, -0.15) is 0 Å². The predicted octanol–water partition coefficient (Wildman–Crippen LogP) is 2.31. The SMILES string of the molecule is COc1ccc(C[C@](C)(NC(=O)[C@@H]2CCCN2C(=O)CCCc2ccc(O)cc2)C(=O)NCCCN)cc1OC. The molecule has 1 aliphatic rings. The monoisotopic (exact) mass is 554 g/mol. The number of likely N-dealkylation sites (tertiary alicyclic amines) is 1. The fourth-order valence-electron chi connectivity index (χ4n) is 5.02. The van der Waals surface area contributed by atoms with Gasteiger partial charge < -0.3 is 35.8 Å². The molecule has 3 rings (SSSR count). The molecule has 0 spiro atoms. The number of carbonyl (C=O) groups excluding carboxylic acids is 3. The molecule has 218 valence electrons. The summed E-state index contributed by atoms with van der Waals surface area (Å²) in [5.41, 5.74) is 6.13. The molecule has 3 amide bonds. The largest absolute Gasteiger partial charge is 0.508 e. The summed E-state index contributed by atoms with van der Waals surface area (Å²) in [6.45, 7) is 3.02. The van der Waals surface area contributed by atoms with Gasteiger partial charge in [0.25, 0.3) is 0 Å². The predicted molar refractivity (Wildman–Crippen MR) is 152 cm³/mol. The number of carbonyl (C=O) groups is 3. The molecule has 10 nitrogen and oxygen atoms in total. The first-order valence-corrected chi connectivity index (χ1v) is 13.8. The van der Waals surface area contributed by atoms with Gasteiger partial charge in [-0.1, -0.05) is 18.2 Å². The second kappa shape index (κ2) is 14.6. The van der Waals surface area contributed by atoms with Crippen LogP contribution in [0.1, 0.15) is 50.2 Å². The Bertz CT molecular complexity index is 1160. The molecule has 2 aromatic carbocycles. The number of hydrogen-bond acceptors (Lipinski definition) is 7. The molecule has 1 aliphatic heterocycles. The van der Waals surface area contributed by atoms with Crippen molar-refractivity contribution in [3.63, 3.8) is 0 Å². The second-order valence-corrected chi connectivity index (χ2v) is 10.4. The Labute approximate surface area is 236 Å². The van der Waals surface area contributed by atoms with Crippen molar-refractivity contribution in [2.75, 3.05) is 33.9 Å². The number of benzene rings is 2. The minimum absolute atomic E-state index is 0.0783. The van der Waals surface area contributed by atoms with Gasteiger partial charge in [-0.3, -0.25) is 14.4 Å². The van der Waals surface area contributed by atoms with Crippen LogP contribution in [0.2, 0.25) is 0 Å². The van der Waals surface area contributed by atoms with Gasteiger partial charge in [0.15, 0.2) is 11.5 Å². The Hall–Kier alpha value is -3.79. The molecule has 1 fully saturated rings. The van der Waals surface area contributed by atoms with Crippen LogP contribution in [0.5, 0.6) is 17.2 Å². The lowest BCUT2D eigenvalue weighted by molar-refractivity contribution is -0.141. The Kier molecular flexibility index (Phi) is 11.2. The summed E-state index contributed by atoms with van der Waals surface area (Å²) in [7, 11) is 3.09. The van der Waals surface area contributed by atoms with E-state index in [9.17, 15) is 19.5 Å². The van der Waals surface area contributed by atoms with Crippen LogP contribution in [0.25, 0.3) is 0 Å². The Morgan fingerprint density at radius 3 is 2.42 bits per heavy atom. The molecule has 10 heteroatoms. The highest BCUT2D eigenvalue weighted by atomic mass is 16.5. The van der Waals surface area contributed by atoms with Crippen LogP contribution in [0.4, 0.5) is 0 Å². The van der Waals surface area contributed by atoms with Crippen molar-refractivity contribution in [3.05, 3.63) is 53.6 Å². The van der Waals surface area contributed by atoms with E-state index in [1.54, 1.807) is 50.3 Å². The fraction of sp³-hybridized carbons (Fsp3) is 0.500. The van der Waals surface area contributed by atoms with E-state index in [0.717, 1.165) is 17.5 Å². The van der Waals surface area contributed by atoms with Gasteiger partial charge in [-0.05, 0) is 81.0 Å². The van der Waals surface area contributed by atoms with Crippen molar-refractivity contribution in [2.45, 2.75) is 63.5 Å². The second-order valence-electron chi connectivity index (χ2n) is 10.4. The first-order valence-electron chi connectivity index (χ1n) is 13.8. The maximum atomic E-state index is 13.6. The summed E-state index contributed by atoms with van der Waals surface area (Å²) >= 11 is 0. The topological polar surface area (TPSA) is 143 Å². The number of hydrogen-bond donors (Lipinski definition) is 4. The lowest BCUT2D eigenvalue weighted by Crippen LogP contribution is -2.61. The number of phenols is 1. The van der Waals surface area contributed by atoms with E-state index in [1.807, 2.05) is 18.2 Å². The molecular weight excluding hydrogens is 512 g/mol. The first kappa shape index (κ1) is 30.7. The number of rotatable bonds is 14. The maximum Gasteiger partial charge on any atom is 0.245 e. The van der Waals surface area contributed by atoms with Gasteiger partial charge in [0.05, 0.1) is 14.2 Å².